The zero-order valence-corrected chi connectivity index (χ0v) is 10.6. The zero-order chi connectivity index (χ0) is 12.7. The Morgan fingerprint density at radius 1 is 1.41 bits per heavy atom. The Hall–Kier alpha value is -1.06. The van der Waals surface area contributed by atoms with Gasteiger partial charge in [-0.05, 0) is 18.8 Å². The van der Waals surface area contributed by atoms with Crippen LogP contribution in [0, 0.1) is 5.92 Å². The first-order chi connectivity index (χ1) is 8.19. The number of aliphatic carboxylic acids is 1. The molecule has 1 rings (SSSR count). The van der Waals surface area contributed by atoms with Gasteiger partial charge >= 0.3 is 5.97 Å². The van der Waals surface area contributed by atoms with E-state index in [9.17, 15) is 14.7 Å². The van der Waals surface area contributed by atoms with Crippen LogP contribution in [0.3, 0.4) is 0 Å². The summed E-state index contributed by atoms with van der Waals surface area (Å²) >= 11 is 0. The number of rotatable bonds is 7. The highest BCUT2D eigenvalue weighted by Gasteiger charge is 2.28. The number of carboxylic acid groups (broad SMARTS) is 1. The van der Waals surface area contributed by atoms with Crippen molar-refractivity contribution in [3.8, 4) is 0 Å². The second kappa shape index (κ2) is 7.30. The number of carbonyl (C=O) groups excluding carboxylic acids is 1. The third-order valence-corrected chi connectivity index (χ3v) is 3.58. The molecule has 4 heteroatoms. The molecule has 0 aromatic heterocycles. The van der Waals surface area contributed by atoms with Crippen LogP contribution in [0.5, 0.6) is 0 Å². The van der Waals surface area contributed by atoms with Crippen molar-refractivity contribution in [2.75, 3.05) is 6.54 Å². The number of nitrogens with zero attached hydrogens (tertiary/aromatic N) is 1. The second-order valence-corrected chi connectivity index (χ2v) is 4.94. The molecular weight excluding hydrogens is 218 g/mol. The van der Waals surface area contributed by atoms with Gasteiger partial charge in [-0.25, -0.2) is 4.79 Å². The maximum Gasteiger partial charge on any atom is 0.326 e. The Morgan fingerprint density at radius 3 is 2.53 bits per heavy atom. The first-order valence-corrected chi connectivity index (χ1v) is 6.62. The van der Waals surface area contributed by atoms with Crippen molar-refractivity contribution in [3.63, 3.8) is 0 Å². The van der Waals surface area contributed by atoms with E-state index in [1.54, 1.807) is 0 Å². The van der Waals surface area contributed by atoms with E-state index in [1.165, 1.54) is 24.2 Å². The second-order valence-electron chi connectivity index (χ2n) is 4.94. The third kappa shape index (κ3) is 4.36. The summed E-state index contributed by atoms with van der Waals surface area (Å²) in [6.07, 6.45) is 8.00. The highest BCUT2D eigenvalue weighted by molar-refractivity contribution is 5.76. The molecule has 0 spiro atoms. The summed E-state index contributed by atoms with van der Waals surface area (Å²) in [5, 5.41) is 9.23. The summed E-state index contributed by atoms with van der Waals surface area (Å²) in [5.74, 6) is -0.389. The summed E-state index contributed by atoms with van der Waals surface area (Å²) in [5.41, 5.74) is 0. The highest BCUT2D eigenvalue weighted by Crippen LogP contribution is 2.28. The molecule has 0 bridgehead atoms. The molecule has 1 amide bonds. The molecule has 1 N–H and O–H groups in total. The first kappa shape index (κ1) is 14.0. The largest absolute Gasteiger partial charge is 0.480 e. The quantitative estimate of drug-likeness (QED) is 0.696. The van der Waals surface area contributed by atoms with Crippen LogP contribution >= 0.6 is 0 Å². The molecular formula is C13H23NO3. The minimum atomic E-state index is -0.865. The van der Waals surface area contributed by atoms with E-state index in [1.807, 2.05) is 6.92 Å². The van der Waals surface area contributed by atoms with E-state index in [2.05, 4.69) is 0 Å². The molecule has 1 aliphatic carbocycles. The predicted octanol–water partition coefficient (Wildman–Crippen LogP) is 2.28. The van der Waals surface area contributed by atoms with Crippen molar-refractivity contribution in [1.82, 2.24) is 4.90 Å². The van der Waals surface area contributed by atoms with Gasteiger partial charge in [-0.2, -0.15) is 0 Å². The average Bonchev–Trinajstić information content (AvgIpc) is 2.34. The molecule has 0 aliphatic heterocycles. The number of amides is 1. The first-order valence-electron chi connectivity index (χ1n) is 6.62. The smallest absolute Gasteiger partial charge is 0.326 e. The Kier molecular flexibility index (Phi) is 6.01. The Bertz CT molecular complexity index is 249. The molecule has 1 aliphatic rings. The Morgan fingerprint density at radius 2 is 2.06 bits per heavy atom. The van der Waals surface area contributed by atoms with E-state index in [4.69, 9.17) is 0 Å². The average molecular weight is 241 g/mol. The minimum Gasteiger partial charge on any atom is -0.480 e. The number of hydrogen-bond donors (Lipinski definition) is 1. The lowest BCUT2D eigenvalue weighted by atomic mass is 9.84. The highest BCUT2D eigenvalue weighted by atomic mass is 16.4. The van der Waals surface area contributed by atoms with Gasteiger partial charge in [0.1, 0.15) is 6.04 Å². The van der Waals surface area contributed by atoms with Gasteiger partial charge in [0.25, 0.3) is 0 Å². The fourth-order valence-electron chi connectivity index (χ4n) is 2.66. The van der Waals surface area contributed by atoms with Crippen LogP contribution < -0.4 is 0 Å². The molecule has 1 fully saturated rings. The molecule has 0 radical (unpaired) electrons. The van der Waals surface area contributed by atoms with Crippen molar-refractivity contribution >= 4 is 12.4 Å². The molecule has 1 unspecified atom stereocenters. The number of carbonyl (C=O) groups is 2. The lowest BCUT2D eigenvalue weighted by molar-refractivity contribution is -0.147. The fourth-order valence-corrected chi connectivity index (χ4v) is 2.66. The SMILES string of the molecule is CCCN(C=O)C(CC1CCCCC1)C(=O)O. The van der Waals surface area contributed by atoms with Gasteiger partial charge in [-0.3, -0.25) is 4.79 Å². The molecule has 1 atom stereocenters. The lowest BCUT2D eigenvalue weighted by Gasteiger charge is -2.30. The fraction of sp³-hybridized carbons (Fsp3) is 0.846. The van der Waals surface area contributed by atoms with Gasteiger partial charge < -0.3 is 10.0 Å². The monoisotopic (exact) mass is 241 g/mol. The van der Waals surface area contributed by atoms with Crippen molar-refractivity contribution in [1.29, 1.82) is 0 Å². The van der Waals surface area contributed by atoms with Crippen LogP contribution in [-0.2, 0) is 9.59 Å². The predicted molar refractivity (Wildman–Crippen MR) is 65.7 cm³/mol. The van der Waals surface area contributed by atoms with E-state index in [-0.39, 0.29) is 0 Å². The molecule has 98 valence electrons. The van der Waals surface area contributed by atoms with E-state index >= 15 is 0 Å². The number of carboxylic acids is 1. The third-order valence-electron chi connectivity index (χ3n) is 3.58. The molecule has 4 nitrogen and oxygen atoms in total. The van der Waals surface area contributed by atoms with Crippen molar-refractivity contribution in [2.45, 2.75) is 57.9 Å². The molecule has 0 saturated heterocycles. The summed E-state index contributed by atoms with van der Waals surface area (Å²) in [7, 11) is 0. The van der Waals surface area contributed by atoms with Gasteiger partial charge in [-0.1, -0.05) is 39.0 Å². The van der Waals surface area contributed by atoms with E-state index < -0.39 is 12.0 Å². The molecule has 0 aromatic carbocycles. The molecule has 1 saturated carbocycles. The maximum absolute atomic E-state index is 11.2. The van der Waals surface area contributed by atoms with Gasteiger partial charge in [0.05, 0.1) is 0 Å². The normalized spacial score (nSPS) is 18.6. The van der Waals surface area contributed by atoms with Crippen LogP contribution in [0.2, 0.25) is 0 Å². The Labute approximate surface area is 103 Å². The maximum atomic E-state index is 11.2. The topological polar surface area (TPSA) is 57.6 Å². The van der Waals surface area contributed by atoms with Crippen LogP contribution in [-0.4, -0.2) is 35.0 Å². The zero-order valence-electron chi connectivity index (χ0n) is 10.6. The molecule has 17 heavy (non-hydrogen) atoms. The van der Waals surface area contributed by atoms with Crippen LogP contribution in [0.1, 0.15) is 51.9 Å². The van der Waals surface area contributed by atoms with E-state index in [0.29, 0.717) is 25.3 Å². The summed E-state index contributed by atoms with van der Waals surface area (Å²) in [6, 6.07) is -0.629. The van der Waals surface area contributed by atoms with Gasteiger partial charge in [0.15, 0.2) is 0 Å². The van der Waals surface area contributed by atoms with Gasteiger partial charge in [0.2, 0.25) is 6.41 Å². The molecule has 0 aromatic rings. The van der Waals surface area contributed by atoms with Crippen LogP contribution in [0.4, 0.5) is 0 Å². The van der Waals surface area contributed by atoms with Gasteiger partial charge in [0, 0.05) is 6.54 Å². The summed E-state index contributed by atoms with van der Waals surface area (Å²) < 4.78 is 0. The van der Waals surface area contributed by atoms with Crippen LogP contribution in [0.25, 0.3) is 0 Å². The van der Waals surface area contributed by atoms with Crippen molar-refractivity contribution < 1.29 is 14.7 Å². The summed E-state index contributed by atoms with van der Waals surface area (Å²) in [4.78, 5) is 23.6. The molecule has 0 heterocycles. The van der Waals surface area contributed by atoms with Gasteiger partial charge in [-0.15, -0.1) is 0 Å². The minimum absolute atomic E-state index is 0.476. The van der Waals surface area contributed by atoms with Crippen molar-refractivity contribution in [2.24, 2.45) is 5.92 Å². The lowest BCUT2D eigenvalue weighted by Crippen LogP contribution is -2.42. The van der Waals surface area contributed by atoms with Crippen LogP contribution in [0.15, 0.2) is 0 Å². The standard InChI is InChI=1S/C13H23NO3/c1-2-8-14(10-15)12(13(16)17)9-11-6-4-3-5-7-11/h10-12H,2-9H2,1H3,(H,16,17). The summed E-state index contributed by atoms with van der Waals surface area (Å²) in [6.45, 7) is 2.49. The Balaban J connectivity index is 2.57. The van der Waals surface area contributed by atoms with Crippen molar-refractivity contribution in [3.05, 3.63) is 0 Å². The number of hydrogen-bond acceptors (Lipinski definition) is 2. The van der Waals surface area contributed by atoms with E-state index in [0.717, 1.165) is 19.3 Å².